The van der Waals surface area contributed by atoms with Crippen LogP contribution in [0.5, 0.6) is 0 Å². The quantitative estimate of drug-likeness (QED) is 0.333. The van der Waals surface area contributed by atoms with Gasteiger partial charge in [-0.2, -0.15) is 0 Å². The Kier molecular flexibility index (Phi) is 7.72. The fraction of sp³-hybridized carbons (Fsp3) is 0.296. The van der Waals surface area contributed by atoms with E-state index in [-0.39, 0.29) is 18.1 Å². The highest BCUT2D eigenvalue weighted by molar-refractivity contribution is 6.34. The van der Waals surface area contributed by atoms with Gasteiger partial charge in [-0.15, -0.1) is 11.6 Å². The van der Waals surface area contributed by atoms with Crippen LogP contribution in [0.3, 0.4) is 0 Å². The monoisotopic (exact) mass is 515 g/mol. The molecule has 0 bridgehead atoms. The smallest absolute Gasteiger partial charge is 0.416 e. The van der Waals surface area contributed by atoms with Crippen LogP contribution in [-0.2, 0) is 20.7 Å². The number of benzene rings is 2. The number of rotatable bonds is 8. The number of carbonyl (C=O) groups excluding carboxylic acids is 3. The van der Waals surface area contributed by atoms with Crippen molar-refractivity contribution in [2.24, 2.45) is 5.92 Å². The van der Waals surface area contributed by atoms with Crippen LogP contribution in [0.15, 0.2) is 77.8 Å². The van der Waals surface area contributed by atoms with E-state index in [2.05, 4.69) is 0 Å². The number of carbonyl (C=O) groups is 3. The minimum Gasteiger partial charge on any atom is -0.447 e. The zero-order chi connectivity index (χ0) is 25.0. The summed E-state index contributed by atoms with van der Waals surface area (Å²) < 4.78 is 21.4. The average Bonchev–Trinajstić information content (AvgIpc) is 3.22. The van der Waals surface area contributed by atoms with E-state index < -0.39 is 41.4 Å². The Morgan fingerprint density at radius 3 is 2.46 bits per heavy atom. The summed E-state index contributed by atoms with van der Waals surface area (Å²) in [4.78, 5) is 38.3. The minimum absolute atomic E-state index is 0.0238. The van der Waals surface area contributed by atoms with E-state index in [1.165, 1.54) is 6.08 Å². The summed E-state index contributed by atoms with van der Waals surface area (Å²) in [6.45, 7) is 0.0238. The molecule has 0 saturated carbocycles. The second-order valence-electron chi connectivity index (χ2n) is 8.68. The van der Waals surface area contributed by atoms with E-state index >= 15 is 4.39 Å². The lowest BCUT2D eigenvalue weighted by molar-refractivity contribution is -0.136. The zero-order valence-electron chi connectivity index (χ0n) is 18.8. The fourth-order valence-electron chi connectivity index (χ4n) is 4.46. The average molecular weight is 516 g/mol. The molecule has 1 fully saturated rings. The van der Waals surface area contributed by atoms with Gasteiger partial charge >= 0.3 is 6.09 Å². The molecule has 0 spiro atoms. The van der Waals surface area contributed by atoms with Gasteiger partial charge in [0.1, 0.15) is 12.9 Å². The highest BCUT2D eigenvalue weighted by Crippen LogP contribution is 2.45. The largest absolute Gasteiger partial charge is 0.447 e. The van der Waals surface area contributed by atoms with Gasteiger partial charge in [0, 0.05) is 18.8 Å². The summed E-state index contributed by atoms with van der Waals surface area (Å²) in [7, 11) is 0. The highest BCUT2D eigenvalue weighted by Gasteiger charge is 2.48. The van der Waals surface area contributed by atoms with E-state index in [1.54, 1.807) is 6.08 Å². The maximum atomic E-state index is 16.2. The lowest BCUT2D eigenvalue weighted by atomic mass is 9.82. The van der Waals surface area contributed by atoms with Crippen LogP contribution in [0, 0.1) is 5.92 Å². The highest BCUT2D eigenvalue weighted by atomic mass is 35.5. The molecule has 35 heavy (non-hydrogen) atoms. The Morgan fingerprint density at radius 1 is 1.17 bits per heavy atom. The molecule has 182 valence electrons. The van der Waals surface area contributed by atoms with Crippen LogP contribution in [-0.4, -0.2) is 46.9 Å². The number of allylic oxidation sites excluding steroid dienone is 4. The van der Waals surface area contributed by atoms with Gasteiger partial charge in [0.25, 0.3) is 0 Å². The molecule has 2 aromatic rings. The third-order valence-electron chi connectivity index (χ3n) is 6.34. The number of amides is 2. The zero-order valence-corrected chi connectivity index (χ0v) is 20.3. The fourth-order valence-corrected chi connectivity index (χ4v) is 5.17. The number of nitrogens with zero attached hydrogens (tertiary/aromatic N) is 1. The summed E-state index contributed by atoms with van der Waals surface area (Å²) in [5.74, 6) is -1.82. The van der Waals surface area contributed by atoms with E-state index in [0.29, 0.717) is 18.3 Å². The van der Waals surface area contributed by atoms with Crippen LogP contribution >= 0.6 is 23.2 Å². The first kappa shape index (κ1) is 25.1. The minimum atomic E-state index is -2.29. The van der Waals surface area contributed by atoms with E-state index in [4.69, 9.17) is 27.9 Å². The number of alkyl halides is 2. The molecular weight excluding hydrogens is 492 g/mol. The normalized spacial score (nSPS) is 24.9. The van der Waals surface area contributed by atoms with E-state index in [9.17, 15) is 14.4 Å². The van der Waals surface area contributed by atoms with Crippen molar-refractivity contribution in [2.75, 3.05) is 6.61 Å². The van der Waals surface area contributed by atoms with Crippen molar-refractivity contribution in [1.29, 1.82) is 0 Å². The predicted molar refractivity (Wildman–Crippen MR) is 133 cm³/mol. The molecule has 1 aliphatic heterocycles. The van der Waals surface area contributed by atoms with Crippen LogP contribution in [0.2, 0.25) is 0 Å². The topological polar surface area (TPSA) is 63.7 Å². The van der Waals surface area contributed by atoms with Crippen molar-refractivity contribution in [3.8, 4) is 0 Å². The number of ether oxygens (including phenoxy) is 1. The van der Waals surface area contributed by atoms with Crippen molar-refractivity contribution >= 4 is 47.1 Å². The molecule has 2 amide bonds. The first-order valence-corrected chi connectivity index (χ1v) is 12.1. The van der Waals surface area contributed by atoms with Crippen molar-refractivity contribution in [3.05, 3.63) is 89.0 Å². The molecule has 1 aliphatic carbocycles. The third kappa shape index (κ3) is 5.34. The second-order valence-corrected chi connectivity index (χ2v) is 9.55. The lowest BCUT2D eigenvalue weighted by Crippen LogP contribution is -2.47. The van der Waals surface area contributed by atoms with Gasteiger partial charge in [0.15, 0.2) is 5.67 Å². The maximum absolute atomic E-state index is 16.2. The Bertz CT molecular complexity index is 1150. The molecule has 4 rings (SSSR count). The Labute approximate surface area is 213 Å². The molecular formula is C27H24Cl2FNO4. The van der Waals surface area contributed by atoms with Gasteiger partial charge in [0.05, 0.1) is 16.5 Å². The van der Waals surface area contributed by atoms with Crippen LogP contribution < -0.4 is 0 Å². The van der Waals surface area contributed by atoms with Crippen LogP contribution in [0.25, 0.3) is 5.57 Å². The van der Waals surface area contributed by atoms with Crippen molar-refractivity contribution in [3.63, 3.8) is 0 Å². The molecule has 2 aliphatic rings. The van der Waals surface area contributed by atoms with Gasteiger partial charge in [-0.25, -0.2) is 14.1 Å². The second kappa shape index (κ2) is 10.8. The van der Waals surface area contributed by atoms with Crippen LogP contribution in [0.1, 0.15) is 24.0 Å². The van der Waals surface area contributed by atoms with Crippen LogP contribution in [0.4, 0.5) is 9.18 Å². The number of aldehydes is 1. The molecule has 2 aromatic carbocycles. The van der Waals surface area contributed by atoms with E-state index in [0.717, 1.165) is 16.0 Å². The molecule has 1 heterocycles. The maximum Gasteiger partial charge on any atom is 0.416 e. The van der Waals surface area contributed by atoms with Crippen molar-refractivity contribution in [1.82, 2.24) is 4.90 Å². The molecule has 8 heteroatoms. The molecule has 4 atom stereocenters. The van der Waals surface area contributed by atoms with Crippen molar-refractivity contribution in [2.45, 2.75) is 36.4 Å². The number of hydrogen-bond acceptors (Lipinski definition) is 4. The molecule has 2 unspecified atom stereocenters. The number of cyclic esters (lactones) is 1. The summed E-state index contributed by atoms with van der Waals surface area (Å²) in [6.07, 6.45) is 2.42. The summed E-state index contributed by atoms with van der Waals surface area (Å²) >= 11 is 12.8. The Hall–Kier alpha value is -2.96. The summed E-state index contributed by atoms with van der Waals surface area (Å²) in [5.41, 5.74) is 0.110. The Morgan fingerprint density at radius 2 is 1.83 bits per heavy atom. The standard InChI is InChI=1S/C27H24Cl2FNO4/c28-23-14-21(19-9-5-2-6-10-19)15-24(29)27(23,30)16-20(11-12-32)25(33)31-22(17-35-26(31)34)13-18-7-3-1-4-8-18/h1-10,12,14-15,20,22-23H,11,13,16-17H2/t20?,22-,23-,27?/m1/s1. The van der Waals surface area contributed by atoms with Gasteiger partial charge < -0.3 is 9.53 Å². The SMILES string of the molecule is O=CCC(CC1(F)C(Cl)=CC(c2ccccc2)=C[C@H]1Cl)C(=O)N1C(=O)OC[C@H]1Cc1ccccc1. The number of imide groups is 1. The summed E-state index contributed by atoms with van der Waals surface area (Å²) in [5, 5.41) is -1.34. The first-order chi connectivity index (χ1) is 16.8. The van der Waals surface area contributed by atoms with E-state index in [1.807, 2.05) is 60.7 Å². The number of hydrogen-bond donors (Lipinski definition) is 0. The molecule has 0 N–H and O–H groups in total. The van der Waals surface area contributed by atoms with Gasteiger partial charge in [-0.1, -0.05) is 78.3 Å². The van der Waals surface area contributed by atoms with Crippen molar-refractivity contribution < 1.29 is 23.5 Å². The molecule has 0 aromatic heterocycles. The molecule has 5 nitrogen and oxygen atoms in total. The summed E-state index contributed by atoms with van der Waals surface area (Å²) in [6, 6.07) is 18.0. The molecule has 1 saturated heterocycles. The van der Waals surface area contributed by atoms with Gasteiger partial charge in [-0.3, -0.25) is 4.79 Å². The molecule has 0 radical (unpaired) electrons. The first-order valence-electron chi connectivity index (χ1n) is 11.3. The number of halogens is 3. The third-order valence-corrected chi connectivity index (χ3v) is 7.23. The van der Waals surface area contributed by atoms with Gasteiger partial charge in [0.2, 0.25) is 5.91 Å². The Balaban J connectivity index is 1.56. The lowest BCUT2D eigenvalue weighted by Gasteiger charge is -2.35. The predicted octanol–water partition coefficient (Wildman–Crippen LogP) is 5.71. The van der Waals surface area contributed by atoms with Gasteiger partial charge in [-0.05, 0) is 29.2 Å².